The highest BCUT2D eigenvalue weighted by atomic mass is 16.5. The average molecular weight is 271 g/mol. The first-order valence-corrected chi connectivity index (χ1v) is 6.45. The number of nitrogens with two attached hydrogens (primary N) is 1. The van der Waals surface area contributed by atoms with Gasteiger partial charge in [-0.1, -0.05) is 6.07 Å². The molecule has 3 rings (SSSR count). The number of benzene rings is 1. The van der Waals surface area contributed by atoms with E-state index in [9.17, 15) is 0 Å². The van der Waals surface area contributed by atoms with Crippen LogP contribution in [0.1, 0.15) is 5.82 Å². The molecule has 3 aromatic rings. The van der Waals surface area contributed by atoms with E-state index >= 15 is 0 Å². The molecule has 0 radical (unpaired) electrons. The zero-order valence-electron chi connectivity index (χ0n) is 11.6. The first kappa shape index (κ1) is 12.5. The summed E-state index contributed by atoms with van der Waals surface area (Å²) in [5.41, 5.74) is 7.80. The van der Waals surface area contributed by atoms with Crippen LogP contribution in [0.15, 0.2) is 30.6 Å². The topological polar surface area (TPSA) is 70.9 Å². The number of anilines is 1. The molecule has 1 aromatic carbocycles. The van der Waals surface area contributed by atoms with Crippen LogP contribution in [0.4, 0.5) is 5.95 Å². The molecule has 2 aromatic heterocycles. The number of ether oxygens (including phenoxy) is 1. The lowest BCUT2D eigenvalue weighted by molar-refractivity contribution is 0.419. The molecule has 2 N–H and O–H groups in total. The van der Waals surface area contributed by atoms with Gasteiger partial charge in [0.15, 0.2) is 0 Å². The highest BCUT2D eigenvalue weighted by Gasteiger charge is 2.12. The summed E-state index contributed by atoms with van der Waals surface area (Å²) < 4.78 is 9.32. The number of hydrogen-bond donors (Lipinski definition) is 1. The third-order valence-electron chi connectivity index (χ3n) is 3.47. The van der Waals surface area contributed by atoms with Gasteiger partial charge in [0.1, 0.15) is 17.1 Å². The Balaban J connectivity index is 1.95. The smallest absolute Gasteiger partial charge is 0.201 e. The van der Waals surface area contributed by atoms with Crippen molar-refractivity contribution in [2.24, 2.45) is 7.05 Å². The lowest BCUT2D eigenvalue weighted by Gasteiger charge is -2.07. The summed E-state index contributed by atoms with van der Waals surface area (Å²) in [6, 6.07) is 5.83. The van der Waals surface area contributed by atoms with E-state index in [4.69, 9.17) is 10.5 Å². The highest BCUT2D eigenvalue weighted by molar-refractivity contribution is 5.84. The molecule has 0 unspecified atom stereocenters. The van der Waals surface area contributed by atoms with Crippen LogP contribution in [0.5, 0.6) is 5.75 Å². The first-order chi connectivity index (χ1) is 9.70. The molecule has 0 bridgehead atoms. The van der Waals surface area contributed by atoms with E-state index in [1.165, 1.54) is 0 Å². The lowest BCUT2D eigenvalue weighted by atomic mass is 10.3. The SMILES string of the molecule is COc1cccc2c1nc(N)n2CCc1nccn1C. The first-order valence-electron chi connectivity index (χ1n) is 6.45. The zero-order chi connectivity index (χ0) is 14.1. The third kappa shape index (κ3) is 1.99. The van der Waals surface area contributed by atoms with Crippen molar-refractivity contribution in [3.63, 3.8) is 0 Å². The van der Waals surface area contributed by atoms with E-state index in [0.29, 0.717) is 5.95 Å². The minimum absolute atomic E-state index is 0.499. The molecule has 0 aliphatic carbocycles. The molecule has 0 fully saturated rings. The van der Waals surface area contributed by atoms with E-state index in [2.05, 4.69) is 9.97 Å². The monoisotopic (exact) mass is 271 g/mol. The summed E-state index contributed by atoms with van der Waals surface area (Å²) in [6.07, 6.45) is 4.54. The number of aromatic nitrogens is 4. The van der Waals surface area contributed by atoms with Crippen LogP contribution in [0.2, 0.25) is 0 Å². The fourth-order valence-electron chi connectivity index (χ4n) is 2.39. The molecule has 0 atom stereocenters. The van der Waals surface area contributed by atoms with Gasteiger partial charge in [-0.3, -0.25) is 0 Å². The standard InChI is InChI=1S/C14H17N5O/c1-18-9-7-16-12(18)6-8-19-10-4-3-5-11(20-2)13(10)17-14(19)15/h3-5,7,9H,6,8H2,1-2H3,(H2,15,17). The number of methoxy groups -OCH3 is 1. The number of nitrogens with zero attached hydrogens (tertiary/aromatic N) is 4. The van der Waals surface area contributed by atoms with Crippen molar-refractivity contribution in [3.05, 3.63) is 36.4 Å². The molecule has 6 heteroatoms. The Labute approximate surface area is 116 Å². The molecule has 0 saturated carbocycles. The van der Waals surface area contributed by atoms with Crippen LogP contribution in [-0.4, -0.2) is 26.2 Å². The predicted octanol–water partition coefficient (Wildman–Crippen LogP) is 1.60. The number of nitrogen functional groups attached to an aromatic ring is 1. The molecular weight excluding hydrogens is 254 g/mol. The average Bonchev–Trinajstić information content (AvgIpc) is 2.99. The summed E-state index contributed by atoms with van der Waals surface area (Å²) >= 11 is 0. The van der Waals surface area contributed by atoms with Gasteiger partial charge in [-0.2, -0.15) is 0 Å². The zero-order valence-corrected chi connectivity index (χ0v) is 11.6. The Morgan fingerprint density at radius 3 is 2.90 bits per heavy atom. The van der Waals surface area contributed by atoms with Gasteiger partial charge in [0, 0.05) is 32.4 Å². The quantitative estimate of drug-likeness (QED) is 0.782. The Bertz CT molecular complexity index is 743. The number of para-hydroxylation sites is 1. The maximum absolute atomic E-state index is 6.02. The van der Waals surface area contributed by atoms with Gasteiger partial charge in [0.2, 0.25) is 5.95 Å². The summed E-state index contributed by atoms with van der Waals surface area (Å²) in [6.45, 7) is 0.736. The maximum atomic E-state index is 6.02. The van der Waals surface area contributed by atoms with Crippen molar-refractivity contribution in [3.8, 4) is 5.75 Å². The number of hydrogen-bond acceptors (Lipinski definition) is 4. The second-order valence-corrected chi connectivity index (χ2v) is 4.65. The second kappa shape index (κ2) is 4.88. The van der Waals surface area contributed by atoms with Crippen molar-refractivity contribution < 1.29 is 4.74 Å². The van der Waals surface area contributed by atoms with Gasteiger partial charge >= 0.3 is 0 Å². The van der Waals surface area contributed by atoms with Crippen molar-refractivity contribution in [2.45, 2.75) is 13.0 Å². The summed E-state index contributed by atoms with van der Waals surface area (Å²) in [7, 11) is 3.62. The van der Waals surface area contributed by atoms with Gasteiger partial charge in [0.05, 0.1) is 12.6 Å². The normalized spacial score (nSPS) is 11.1. The van der Waals surface area contributed by atoms with Crippen molar-refractivity contribution in [2.75, 3.05) is 12.8 Å². The van der Waals surface area contributed by atoms with Crippen LogP contribution >= 0.6 is 0 Å². The van der Waals surface area contributed by atoms with E-state index in [0.717, 1.165) is 35.6 Å². The van der Waals surface area contributed by atoms with Gasteiger partial charge in [-0.15, -0.1) is 0 Å². The molecule has 0 spiro atoms. The van der Waals surface area contributed by atoms with Crippen LogP contribution in [0, 0.1) is 0 Å². The second-order valence-electron chi connectivity index (χ2n) is 4.65. The molecule has 0 aliphatic heterocycles. The predicted molar refractivity (Wildman–Crippen MR) is 77.6 cm³/mol. The fraction of sp³-hybridized carbons (Fsp3) is 0.286. The van der Waals surface area contributed by atoms with E-state index < -0.39 is 0 Å². The van der Waals surface area contributed by atoms with Crippen LogP contribution in [0.25, 0.3) is 11.0 Å². The molecular formula is C14H17N5O. The van der Waals surface area contributed by atoms with Gasteiger partial charge in [-0.25, -0.2) is 9.97 Å². The molecule has 0 amide bonds. The van der Waals surface area contributed by atoms with Gasteiger partial charge < -0.3 is 19.6 Å². The Morgan fingerprint density at radius 1 is 1.35 bits per heavy atom. The summed E-state index contributed by atoms with van der Waals surface area (Å²) in [5.74, 6) is 2.26. The number of imidazole rings is 2. The van der Waals surface area contributed by atoms with Crippen molar-refractivity contribution >= 4 is 17.0 Å². The van der Waals surface area contributed by atoms with Gasteiger partial charge in [-0.05, 0) is 12.1 Å². The molecule has 2 heterocycles. The molecule has 104 valence electrons. The summed E-state index contributed by atoms with van der Waals surface area (Å²) in [5, 5.41) is 0. The van der Waals surface area contributed by atoms with Crippen LogP contribution in [-0.2, 0) is 20.0 Å². The Morgan fingerprint density at radius 2 is 2.20 bits per heavy atom. The van der Waals surface area contributed by atoms with Gasteiger partial charge in [0.25, 0.3) is 0 Å². The van der Waals surface area contributed by atoms with Crippen LogP contribution < -0.4 is 10.5 Å². The molecule has 6 nitrogen and oxygen atoms in total. The number of aryl methyl sites for hydroxylation is 3. The number of fused-ring (bicyclic) bond motifs is 1. The summed E-state index contributed by atoms with van der Waals surface area (Å²) in [4.78, 5) is 8.72. The highest BCUT2D eigenvalue weighted by Crippen LogP contribution is 2.26. The largest absolute Gasteiger partial charge is 0.494 e. The maximum Gasteiger partial charge on any atom is 0.201 e. The van der Waals surface area contributed by atoms with Crippen LogP contribution in [0.3, 0.4) is 0 Å². The van der Waals surface area contributed by atoms with E-state index in [1.54, 1.807) is 13.3 Å². The minimum Gasteiger partial charge on any atom is -0.494 e. The van der Waals surface area contributed by atoms with Crippen molar-refractivity contribution in [1.82, 2.24) is 19.1 Å². The minimum atomic E-state index is 0.499. The fourth-order valence-corrected chi connectivity index (χ4v) is 2.39. The molecule has 20 heavy (non-hydrogen) atoms. The number of rotatable bonds is 4. The lowest BCUT2D eigenvalue weighted by Crippen LogP contribution is -2.08. The Kier molecular flexibility index (Phi) is 3.06. The third-order valence-corrected chi connectivity index (χ3v) is 3.47. The Hall–Kier alpha value is -2.50. The van der Waals surface area contributed by atoms with E-state index in [1.807, 2.05) is 40.6 Å². The van der Waals surface area contributed by atoms with E-state index in [-0.39, 0.29) is 0 Å². The van der Waals surface area contributed by atoms with Crippen molar-refractivity contribution in [1.29, 1.82) is 0 Å². The molecule has 0 aliphatic rings. The molecule has 0 saturated heterocycles.